The van der Waals surface area contributed by atoms with Crippen molar-refractivity contribution in [2.45, 2.75) is 13.3 Å². The topological polar surface area (TPSA) is 45.2 Å². The summed E-state index contributed by atoms with van der Waals surface area (Å²) in [4.78, 5) is 19.3. The number of nitrogens with one attached hydrogen (secondary N) is 1. The van der Waals surface area contributed by atoms with Crippen LogP contribution in [0.15, 0.2) is 58.5 Å². The van der Waals surface area contributed by atoms with Gasteiger partial charge in [-0.1, -0.05) is 35.9 Å². The van der Waals surface area contributed by atoms with Gasteiger partial charge in [-0.3, -0.25) is 9.79 Å². The number of hydrogen-bond donors (Lipinski definition) is 1. The summed E-state index contributed by atoms with van der Waals surface area (Å²) in [6.45, 7) is 2.84. The van der Waals surface area contributed by atoms with Crippen LogP contribution in [0.3, 0.4) is 0 Å². The number of aromatic nitrogens is 1. The van der Waals surface area contributed by atoms with E-state index in [2.05, 4.69) is 16.1 Å². The number of aliphatic imine (C=N–C) groups is 1. The van der Waals surface area contributed by atoms with Crippen molar-refractivity contribution in [3.05, 3.63) is 70.2 Å². The summed E-state index contributed by atoms with van der Waals surface area (Å²) in [5.74, 6) is 0. The zero-order valence-electron chi connectivity index (χ0n) is 11.4. The molecule has 1 aliphatic rings. The van der Waals surface area contributed by atoms with Crippen LogP contribution < -0.4 is 5.56 Å². The monoisotopic (exact) mass is 264 g/mol. The first-order valence-corrected chi connectivity index (χ1v) is 6.75. The van der Waals surface area contributed by atoms with Gasteiger partial charge in [-0.2, -0.15) is 0 Å². The van der Waals surface area contributed by atoms with Gasteiger partial charge in [-0.15, -0.1) is 0 Å². The van der Waals surface area contributed by atoms with E-state index in [9.17, 15) is 4.79 Å². The largest absolute Gasteiger partial charge is 0.328 e. The second-order valence-corrected chi connectivity index (χ2v) is 4.96. The molecule has 20 heavy (non-hydrogen) atoms. The van der Waals surface area contributed by atoms with E-state index < -0.39 is 0 Å². The Labute approximate surface area is 117 Å². The number of aromatic amines is 1. The Balaban J connectivity index is 2.07. The maximum absolute atomic E-state index is 12.0. The molecule has 0 saturated carbocycles. The molecule has 0 aliphatic carbocycles. The number of dihydropyridines is 1. The molecule has 3 nitrogen and oxygen atoms in total. The highest BCUT2D eigenvalue weighted by molar-refractivity contribution is 6.09. The highest BCUT2D eigenvalue weighted by Crippen LogP contribution is 2.18. The van der Waals surface area contributed by atoms with Gasteiger partial charge in [0.1, 0.15) is 0 Å². The first-order valence-electron chi connectivity index (χ1n) is 6.75. The summed E-state index contributed by atoms with van der Waals surface area (Å²) in [5, 5.41) is 0. The van der Waals surface area contributed by atoms with E-state index >= 15 is 0 Å². The van der Waals surface area contributed by atoms with Crippen LogP contribution in [0.25, 0.3) is 11.1 Å². The van der Waals surface area contributed by atoms with E-state index in [0.717, 1.165) is 29.8 Å². The number of benzene rings is 1. The fourth-order valence-electron chi connectivity index (χ4n) is 2.27. The summed E-state index contributed by atoms with van der Waals surface area (Å²) in [6.07, 6.45) is 6.83. The fourth-order valence-corrected chi connectivity index (χ4v) is 2.27. The molecular weight excluding hydrogens is 248 g/mol. The molecule has 0 unspecified atom stereocenters. The third kappa shape index (κ3) is 2.48. The quantitative estimate of drug-likeness (QED) is 0.890. The summed E-state index contributed by atoms with van der Waals surface area (Å²) in [5.41, 5.74) is 4.61. The Morgan fingerprint density at radius 1 is 1.15 bits per heavy atom. The second kappa shape index (κ2) is 5.29. The van der Waals surface area contributed by atoms with Crippen molar-refractivity contribution in [1.82, 2.24) is 4.98 Å². The summed E-state index contributed by atoms with van der Waals surface area (Å²) in [6, 6.07) is 9.89. The number of allylic oxidation sites excluding steroid dienone is 1. The van der Waals surface area contributed by atoms with Gasteiger partial charge < -0.3 is 4.98 Å². The molecule has 3 heteroatoms. The summed E-state index contributed by atoms with van der Waals surface area (Å²) < 4.78 is 0. The Morgan fingerprint density at radius 3 is 2.65 bits per heavy atom. The fraction of sp³-hybridized carbons (Fsp3) is 0.176. The van der Waals surface area contributed by atoms with E-state index in [-0.39, 0.29) is 5.56 Å². The van der Waals surface area contributed by atoms with Gasteiger partial charge in [-0.25, -0.2) is 0 Å². The molecule has 1 N–H and O–H groups in total. The molecule has 3 rings (SSSR count). The molecule has 100 valence electrons. The number of H-pyrrole nitrogens is 1. The van der Waals surface area contributed by atoms with E-state index in [1.807, 2.05) is 43.3 Å². The molecule has 0 amide bonds. The summed E-state index contributed by atoms with van der Waals surface area (Å²) in [7, 11) is 0. The van der Waals surface area contributed by atoms with Crippen molar-refractivity contribution in [1.29, 1.82) is 0 Å². The Morgan fingerprint density at radius 2 is 1.95 bits per heavy atom. The van der Waals surface area contributed by atoms with Crippen LogP contribution in [-0.4, -0.2) is 17.2 Å². The SMILES string of the molecule is Cc1ccc(-c2cc(C3=NCCC=C3)c[nH]c2=O)cc1. The van der Waals surface area contributed by atoms with Crippen LogP contribution >= 0.6 is 0 Å². The van der Waals surface area contributed by atoms with Crippen LogP contribution in [-0.2, 0) is 0 Å². The van der Waals surface area contributed by atoms with Crippen LogP contribution in [0.4, 0.5) is 0 Å². The van der Waals surface area contributed by atoms with Crippen molar-refractivity contribution >= 4 is 5.71 Å². The van der Waals surface area contributed by atoms with Gasteiger partial charge in [0, 0.05) is 23.9 Å². The molecule has 0 atom stereocenters. The molecule has 0 spiro atoms. The average molecular weight is 264 g/mol. The number of rotatable bonds is 2. The molecule has 1 aliphatic heterocycles. The van der Waals surface area contributed by atoms with Crippen molar-refractivity contribution < 1.29 is 0 Å². The zero-order valence-corrected chi connectivity index (χ0v) is 11.4. The van der Waals surface area contributed by atoms with Gasteiger partial charge in [0.05, 0.1) is 5.71 Å². The lowest BCUT2D eigenvalue weighted by molar-refractivity contribution is 0.993. The molecule has 2 aromatic rings. The zero-order chi connectivity index (χ0) is 13.9. The number of nitrogens with zero attached hydrogens (tertiary/aromatic N) is 1. The van der Waals surface area contributed by atoms with E-state index in [1.54, 1.807) is 6.20 Å². The smallest absolute Gasteiger partial charge is 0.255 e. The van der Waals surface area contributed by atoms with Crippen LogP contribution in [0, 0.1) is 6.92 Å². The predicted octanol–water partition coefficient (Wildman–Crippen LogP) is 3.10. The first-order chi connectivity index (χ1) is 9.74. The standard InChI is InChI=1S/C17H16N2O/c1-12-5-7-13(8-6-12)15-10-14(11-19-17(15)20)16-4-2-3-9-18-16/h2,4-8,10-11H,3,9H2,1H3,(H,19,20). The Hall–Kier alpha value is -2.42. The Bertz CT molecular complexity index is 736. The third-order valence-electron chi connectivity index (χ3n) is 3.42. The summed E-state index contributed by atoms with van der Waals surface area (Å²) >= 11 is 0. The van der Waals surface area contributed by atoms with Crippen LogP contribution in [0.2, 0.25) is 0 Å². The minimum Gasteiger partial charge on any atom is -0.328 e. The molecule has 1 aromatic carbocycles. The molecule has 1 aromatic heterocycles. The van der Waals surface area contributed by atoms with Gasteiger partial charge in [-0.05, 0) is 31.1 Å². The van der Waals surface area contributed by atoms with Crippen molar-refractivity contribution in [3.63, 3.8) is 0 Å². The highest BCUT2D eigenvalue weighted by Gasteiger charge is 2.08. The highest BCUT2D eigenvalue weighted by atomic mass is 16.1. The molecule has 0 bridgehead atoms. The maximum atomic E-state index is 12.0. The second-order valence-electron chi connectivity index (χ2n) is 4.96. The van der Waals surface area contributed by atoms with E-state index in [1.165, 1.54) is 5.56 Å². The average Bonchev–Trinajstić information content (AvgIpc) is 2.50. The van der Waals surface area contributed by atoms with Crippen molar-refractivity contribution in [2.24, 2.45) is 4.99 Å². The van der Waals surface area contributed by atoms with Crippen LogP contribution in [0.1, 0.15) is 17.5 Å². The Kier molecular flexibility index (Phi) is 3.33. The van der Waals surface area contributed by atoms with Gasteiger partial charge >= 0.3 is 0 Å². The lowest BCUT2D eigenvalue weighted by atomic mass is 10.0. The van der Waals surface area contributed by atoms with E-state index in [0.29, 0.717) is 5.56 Å². The van der Waals surface area contributed by atoms with Crippen molar-refractivity contribution in [3.8, 4) is 11.1 Å². The molecular formula is C17H16N2O. The number of pyridine rings is 1. The molecule has 0 saturated heterocycles. The van der Waals surface area contributed by atoms with Gasteiger partial charge in [0.25, 0.3) is 5.56 Å². The van der Waals surface area contributed by atoms with Crippen molar-refractivity contribution in [2.75, 3.05) is 6.54 Å². The first kappa shape index (κ1) is 12.6. The lowest BCUT2D eigenvalue weighted by Crippen LogP contribution is -2.12. The van der Waals surface area contributed by atoms with Gasteiger partial charge in [0.2, 0.25) is 0 Å². The number of aryl methyl sites for hydroxylation is 1. The molecule has 0 fully saturated rings. The molecule has 2 heterocycles. The predicted molar refractivity (Wildman–Crippen MR) is 82.4 cm³/mol. The minimum atomic E-state index is -0.0713. The molecule has 0 radical (unpaired) electrons. The normalized spacial score (nSPS) is 14.2. The third-order valence-corrected chi connectivity index (χ3v) is 3.42. The minimum absolute atomic E-state index is 0.0713. The van der Waals surface area contributed by atoms with Gasteiger partial charge in [0.15, 0.2) is 0 Å². The van der Waals surface area contributed by atoms with E-state index in [4.69, 9.17) is 0 Å². The maximum Gasteiger partial charge on any atom is 0.255 e. The number of hydrogen-bond acceptors (Lipinski definition) is 2. The lowest BCUT2D eigenvalue weighted by Gasteiger charge is -2.08. The van der Waals surface area contributed by atoms with Crippen LogP contribution in [0.5, 0.6) is 0 Å².